The molecule has 1 aliphatic carbocycles. The maximum Gasteiger partial charge on any atom is 0.226 e. The zero-order valence-corrected chi connectivity index (χ0v) is 10.4. The highest BCUT2D eigenvalue weighted by molar-refractivity contribution is 5.43. The second-order valence-electron chi connectivity index (χ2n) is 4.72. The highest BCUT2D eigenvalue weighted by atomic mass is 16.5. The molecule has 1 aromatic rings. The fourth-order valence-corrected chi connectivity index (χ4v) is 2.58. The number of ether oxygens (including phenoxy) is 1. The van der Waals surface area contributed by atoms with Crippen molar-refractivity contribution in [3.05, 3.63) is 17.0 Å². The molecule has 2 heterocycles. The van der Waals surface area contributed by atoms with Crippen molar-refractivity contribution in [1.82, 2.24) is 9.97 Å². The number of rotatable bonds is 1. The summed E-state index contributed by atoms with van der Waals surface area (Å²) < 4.78 is 5.33. The highest BCUT2D eigenvalue weighted by Crippen LogP contribution is 2.24. The van der Waals surface area contributed by atoms with Crippen molar-refractivity contribution in [2.45, 2.75) is 25.7 Å². The predicted molar refractivity (Wildman–Crippen MR) is 66.4 cm³/mol. The summed E-state index contributed by atoms with van der Waals surface area (Å²) in [6.45, 7) is 3.04. The number of aromatic nitrogens is 2. The van der Waals surface area contributed by atoms with E-state index >= 15 is 0 Å². The SMILES string of the molecule is N#Cc1nc(N2CCOCC2)nc2c1CCCC2. The van der Waals surface area contributed by atoms with Gasteiger partial charge in [-0.1, -0.05) is 0 Å². The van der Waals surface area contributed by atoms with Crippen LogP contribution in [-0.2, 0) is 17.6 Å². The third-order valence-corrected chi connectivity index (χ3v) is 3.57. The summed E-state index contributed by atoms with van der Waals surface area (Å²) in [5, 5.41) is 9.23. The summed E-state index contributed by atoms with van der Waals surface area (Å²) >= 11 is 0. The van der Waals surface area contributed by atoms with Crippen molar-refractivity contribution in [2.24, 2.45) is 0 Å². The number of nitrogens with zero attached hydrogens (tertiary/aromatic N) is 4. The van der Waals surface area contributed by atoms with Gasteiger partial charge in [0.05, 0.1) is 18.9 Å². The fraction of sp³-hybridized carbons (Fsp3) is 0.615. The van der Waals surface area contributed by atoms with Crippen LogP contribution in [0.25, 0.3) is 0 Å². The lowest BCUT2D eigenvalue weighted by atomic mass is 9.95. The molecule has 94 valence electrons. The quantitative estimate of drug-likeness (QED) is 0.739. The van der Waals surface area contributed by atoms with E-state index in [1.165, 1.54) is 0 Å². The van der Waals surface area contributed by atoms with Crippen LogP contribution >= 0.6 is 0 Å². The Labute approximate surface area is 106 Å². The summed E-state index contributed by atoms with van der Waals surface area (Å²) in [7, 11) is 0. The summed E-state index contributed by atoms with van der Waals surface area (Å²) in [5.74, 6) is 0.704. The van der Waals surface area contributed by atoms with Crippen LogP contribution in [0, 0.1) is 11.3 Å². The van der Waals surface area contributed by atoms with Gasteiger partial charge in [-0.25, -0.2) is 9.97 Å². The average Bonchev–Trinajstić information content (AvgIpc) is 2.47. The number of anilines is 1. The van der Waals surface area contributed by atoms with E-state index in [1.54, 1.807) is 0 Å². The molecule has 18 heavy (non-hydrogen) atoms. The molecule has 0 bridgehead atoms. The van der Waals surface area contributed by atoms with Gasteiger partial charge >= 0.3 is 0 Å². The van der Waals surface area contributed by atoms with Crippen LogP contribution in [0.4, 0.5) is 5.95 Å². The van der Waals surface area contributed by atoms with Crippen molar-refractivity contribution < 1.29 is 4.74 Å². The van der Waals surface area contributed by atoms with E-state index in [2.05, 4.69) is 20.9 Å². The third kappa shape index (κ3) is 2.04. The van der Waals surface area contributed by atoms with Crippen LogP contribution in [0.3, 0.4) is 0 Å². The molecule has 1 saturated heterocycles. The minimum Gasteiger partial charge on any atom is -0.378 e. The second kappa shape index (κ2) is 4.91. The molecule has 1 aromatic heterocycles. The highest BCUT2D eigenvalue weighted by Gasteiger charge is 2.21. The van der Waals surface area contributed by atoms with Gasteiger partial charge < -0.3 is 9.64 Å². The molecular weight excluding hydrogens is 228 g/mol. The predicted octanol–water partition coefficient (Wildman–Crippen LogP) is 1.06. The normalized spacial score (nSPS) is 19.2. The molecule has 0 amide bonds. The van der Waals surface area contributed by atoms with Crippen LogP contribution in [0.1, 0.15) is 29.8 Å². The van der Waals surface area contributed by atoms with E-state index in [0.29, 0.717) is 24.9 Å². The molecule has 1 aliphatic heterocycles. The van der Waals surface area contributed by atoms with Crippen molar-refractivity contribution >= 4 is 5.95 Å². The van der Waals surface area contributed by atoms with E-state index in [-0.39, 0.29) is 0 Å². The second-order valence-corrected chi connectivity index (χ2v) is 4.72. The molecule has 5 heteroatoms. The zero-order valence-electron chi connectivity index (χ0n) is 10.4. The number of aryl methyl sites for hydroxylation is 1. The first-order valence-electron chi connectivity index (χ1n) is 6.51. The molecule has 1 fully saturated rings. The van der Waals surface area contributed by atoms with E-state index < -0.39 is 0 Å². The maximum absolute atomic E-state index is 9.23. The molecule has 5 nitrogen and oxygen atoms in total. The topological polar surface area (TPSA) is 62.0 Å². The van der Waals surface area contributed by atoms with Crippen LogP contribution in [0.15, 0.2) is 0 Å². The van der Waals surface area contributed by atoms with Gasteiger partial charge in [-0.15, -0.1) is 0 Å². The van der Waals surface area contributed by atoms with Gasteiger partial charge in [-0.05, 0) is 25.7 Å². The molecule has 2 aliphatic rings. The van der Waals surface area contributed by atoms with E-state index in [4.69, 9.17) is 4.74 Å². The Hall–Kier alpha value is -1.67. The smallest absolute Gasteiger partial charge is 0.226 e. The van der Waals surface area contributed by atoms with Crippen molar-refractivity contribution in [3.8, 4) is 6.07 Å². The van der Waals surface area contributed by atoms with Crippen LogP contribution in [-0.4, -0.2) is 36.3 Å². The monoisotopic (exact) mass is 244 g/mol. The van der Waals surface area contributed by atoms with E-state index in [9.17, 15) is 5.26 Å². The van der Waals surface area contributed by atoms with Crippen LogP contribution < -0.4 is 4.90 Å². The molecule has 0 atom stereocenters. The molecule has 0 radical (unpaired) electrons. The van der Waals surface area contributed by atoms with Gasteiger partial charge in [0.1, 0.15) is 11.8 Å². The van der Waals surface area contributed by atoms with Gasteiger partial charge in [0.15, 0.2) is 0 Å². The summed E-state index contributed by atoms with van der Waals surface area (Å²) in [5.41, 5.74) is 2.72. The summed E-state index contributed by atoms with van der Waals surface area (Å²) in [4.78, 5) is 11.2. The first-order valence-corrected chi connectivity index (χ1v) is 6.51. The number of hydrogen-bond donors (Lipinski definition) is 0. The van der Waals surface area contributed by atoms with E-state index in [0.717, 1.165) is 50.0 Å². The van der Waals surface area contributed by atoms with Gasteiger partial charge in [0.25, 0.3) is 0 Å². The summed E-state index contributed by atoms with van der Waals surface area (Å²) in [6, 6.07) is 2.23. The maximum atomic E-state index is 9.23. The Morgan fingerprint density at radius 3 is 2.67 bits per heavy atom. The van der Waals surface area contributed by atoms with Crippen molar-refractivity contribution in [3.63, 3.8) is 0 Å². The molecule has 0 aromatic carbocycles. The van der Waals surface area contributed by atoms with Gasteiger partial charge in [0.2, 0.25) is 5.95 Å². The van der Waals surface area contributed by atoms with Gasteiger partial charge in [-0.3, -0.25) is 0 Å². The van der Waals surface area contributed by atoms with Crippen molar-refractivity contribution in [1.29, 1.82) is 5.26 Å². The molecular formula is C13H16N4O. The largest absolute Gasteiger partial charge is 0.378 e. The standard InChI is InChI=1S/C13H16N4O/c14-9-12-10-3-1-2-4-11(10)15-13(16-12)17-5-7-18-8-6-17/h1-8H2. The number of hydrogen-bond acceptors (Lipinski definition) is 5. The lowest BCUT2D eigenvalue weighted by Crippen LogP contribution is -2.37. The first kappa shape index (κ1) is 11.4. The molecule has 3 rings (SSSR count). The fourth-order valence-electron chi connectivity index (χ4n) is 2.58. The number of morpholine rings is 1. The Balaban J connectivity index is 1.98. The summed E-state index contributed by atoms with van der Waals surface area (Å²) in [6.07, 6.45) is 4.23. The molecule has 0 saturated carbocycles. The zero-order chi connectivity index (χ0) is 12.4. The average molecular weight is 244 g/mol. The Bertz CT molecular complexity index is 488. The molecule has 0 N–H and O–H groups in total. The van der Waals surface area contributed by atoms with Crippen LogP contribution in [0.2, 0.25) is 0 Å². The Morgan fingerprint density at radius 1 is 1.11 bits per heavy atom. The minimum atomic E-state index is 0.571. The van der Waals surface area contributed by atoms with E-state index in [1.807, 2.05) is 0 Å². The van der Waals surface area contributed by atoms with Gasteiger partial charge in [-0.2, -0.15) is 5.26 Å². The van der Waals surface area contributed by atoms with Crippen LogP contribution in [0.5, 0.6) is 0 Å². The Kier molecular flexibility index (Phi) is 3.11. The van der Waals surface area contributed by atoms with Gasteiger partial charge in [0, 0.05) is 18.7 Å². The molecule has 0 unspecified atom stereocenters. The number of nitriles is 1. The third-order valence-electron chi connectivity index (χ3n) is 3.57. The first-order chi connectivity index (χ1) is 8.88. The minimum absolute atomic E-state index is 0.571. The molecule has 0 spiro atoms. The number of fused-ring (bicyclic) bond motifs is 1. The Morgan fingerprint density at radius 2 is 1.89 bits per heavy atom. The lowest BCUT2D eigenvalue weighted by Gasteiger charge is -2.28. The lowest BCUT2D eigenvalue weighted by molar-refractivity contribution is 0.122. The van der Waals surface area contributed by atoms with Crippen molar-refractivity contribution in [2.75, 3.05) is 31.2 Å².